The molecule has 2 aromatic rings. The number of nitrogens with one attached hydrogen (secondary N) is 1. The number of halogens is 3. The number of para-hydroxylation sites is 1. The molecule has 0 radical (unpaired) electrons. The maximum atomic E-state index is 14.2. The van der Waals surface area contributed by atoms with Crippen LogP contribution in [0.2, 0.25) is 10.0 Å². The summed E-state index contributed by atoms with van der Waals surface area (Å²) in [6.07, 6.45) is 1.75. The van der Waals surface area contributed by atoms with Gasteiger partial charge in [-0.3, -0.25) is 13.9 Å². The fourth-order valence-corrected chi connectivity index (χ4v) is 4.95. The van der Waals surface area contributed by atoms with E-state index in [1.54, 1.807) is 25.1 Å². The summed E-state index contributed by atoms with van der Waals surface area (Å²) in [7, 11) is -3.79. The molecule has 2 aromatic carbocycles. The predicted octanol–water partition coefficient (Wildman–Crippen LogP) is 4.62. The summed E-state index contributed by atoms with van der Waals surface area (Å²) in [5.41, 5.74) is 0.415. The number of carbonyl (C=O) groups excluding carboxylic acids is 2. The average molecular weight is 546 g/mol. The molecule has 0 saturated carbocycles. The molecule has 0 spiro atoms. The topological polar surface area (TPSA) is 86.8 Å². The van der Waals surface area contributed by atoms with E-state index in [0.717, 1.165) is 17.0 Å². The van der Waals surface area contributed by atoms with Gasteiger partial charge in [-0.2, -0.15) is 0 Å². The van der Waals surface area contributed by atoms with E-state index in [4.69, 9.17) is 23.2 Å². The number of anilines is 1. The van der Waals surface area contributed by atoms with E-state index in [-0.39, 0.29) is 43.4 Å². The Morgan fingerprint density at radius 1 is 1.09 bits per heavy atom. The van der Waals surface area contributed by atoms with E-state index in [1.165, 1.54) is 29.2 Å². The minimum absolute atomic E-state index is 0.00115. The van der Waals surface area contributed by atoms with Gasteiger partial charge in [-0.1, -0.05) is 48.3 Å². The number of hydrogen-bond donors (Lipinski definition) is 1. The summed E-state index contributed by atoms with van der Waals surface area (Å²) in [5.74, 6) is -1.39. The summed E-state index contributed by atoms with van der Waals surface area (Å²) in [6.45, 7) is 3.88. The first-order chi connectivity index (χ1) is 16.5. The van der Waals surface area contributed by atoms with Crippen LogP contribution in [0.1, 0.15) is 38.7 Å². The summed E-state index contributed by atoms with van der Waals surface area (Å²) >= 11 is 12.6. The highest BCUT2D eigenvalue weighted by atomic mass is 35.5. The van der Waals surface area contributed by atoms with Gasteiger partial charge in [-0.05, 0) is 44.0 Å². The van der Waals surface area contributed by atoms with Crippen molar-refractivity contribution in [1.82, 2.24) is 10.2 Å². The first-order valence-corrected chi connectivity index (χ1v) is 13.8. The number of carbonyl (C=O) groups is 2. The van der Waals surface area contributed by atoms with Crippen molar-refractivity contribution in [2.24, 2.45) is 0 Å². The fourth-order valence-electron chi connectivity index (χ4n) is 3.47. The molecule has 7 nitrogen and oxygen atoms in total. The van der Waals surface area contributed by atoms with Crippen molar-refractivity contribution in [3.05, 3.63) is 63.9 Å². The van der Waals surface area contributed by atoms with Gasteiger partial charge in [0, 0.05) is 41.7 Å². The standard InChI is InChI=1S/C24H30Cl2FN3O4S/c1-4-14-28-24(32)17(2)29(16-18-19(25)9-7-10-20(18)26)23(31)13-8-15-30(35(3,33)34)22-12-6-5-11-21(22)27/h5-7,9-12,17H,4,8,13-16H2,1-3H3,(H,28,32)/t17-/m1/s1. The Morgan fingerprint density at radius 2 is 1.71 bits per heavy atom. The SMILES string of the molecule is CCCNC(=O)[C@@H](C)N(Cc1c(Cl)cccc1Cl)C(=O)CCCN(c1ccccc1F)S(C)(=O)=O. The van der Waals surface area contributed by atoms with Crippen LogP contribution in [-0.4, -0.2) is 50.5 Å². The molecule has 0 aliphatic rings. The molecule has 0 aliphatic heterocycles. The van der Waals surface area contributed by atoms with Crippen molar-refractivity contribution < 1.29 is 22.4 Å². The van der Waals surface area contributed by atoms with Crippen LogP contribution in [0, 0.1) is 5.82 Å². The maximum absolute atomic E-state index is 14.2. The highest BCUT2D eigenvalue weighted by Gasteiger charge is 2.28. The lowest BCUT2D eigenvalue weighted by Gasteiger charge is -2.30. The fraction of sp³-hybridized carbons (Fsp3) is 0.417. The van der Waals surface area contributed by atoms with E-state index in [9.17, 15) is 22.4 Å². The van der Waals surface area contributed by atoms with Gasteiger partial charge in [0.05, 0.1) is 11.9 Å². The minimum atomic E-state index is -3.79. The second-order valence-corrected chi connectivity index (χ2v) is 10.8. The van der Waals surface area contributed by atoms with Gasteiger partial charge in [-0.15, -0.1) is 0 Å². The predicted molar refractivity (Wildman–Crippen MR) is 138 cm³/mol. The maximum Gasteiger partial charge on any atom is 0.242 e. The van der Waals surface area contributed by atoms with Crippen LogP contribution in [0.15, 0.2) is 42.5 Å². The Bertz CT molecular complexity index is 1130. The van der Waals surface area contributed by atoms with Crippen LogP contribution in [0.3, 0.4) is 0 Å². The van der Waals surface area contributed by atoms with Gasteiger partial charge in [0.15, 0.2) is 0 Å². The third kappa shape index (κ3) is 8.08. The summed E-state index contributed by atoms with van der Waals surface area (Å²) < 4.78 is 39.8. The van der Waals surface area contributed by atoms with Gasteiger partial charge in [0.2, 0.25) is 21.8 Å². The van der Waals surface area contributed by atoms with Gasteiger partial charge in [0.25, 0.3) is 0 Å². The Kier molecular flexibility index (Phi) is 10.8. The molecule has 0 unspecified atom stereocenters. The lowest BCUT2D eigenvalue weighted by atomic mass is 10.1. The molecule has 192 valence electrons. The first kappa shape index (κ1) is 28.9. The number of hydrogen-bond acceptors (Lipinski definition) is 4. The zero-order valence-corrected chi connectivity index (χ0v) is 22.3. The first-order valence-electron chi connectivity index (χ1n) is 11.2. The molecule has 0 fully saturated rings. The highest BCUT2D eigenvalue weighted by Crippen LogP contribution is 2.27. The van der Waals surface area contributed by atoms with Crippen molar-refractivity contribution in [2.75, 3.05) is 23.7 Å². The number of benzene rings is 2. The molecule has 1 N–H and O–H groups in total. The zero-order chi connectivity index (χ0) is 26.2. The molecular weight excluding hydrogens is 516 g/mol. The van der Waals surface area contributed by atoms with Gasteiger partial charge < -0.3 is 10.2 Å². The highest BCUT2D eigenvalue weighted by molar-refractivity contribution is 7.92. The molecule has 0 aromatic heterocycles. The van der Waals surface area contributed by atoms with E-state index >= 15 is 0 Å². The molecule has 2 amide bonds. The quantitative estimate of drug-likeness (QED) is 0.421. The van der Waals surface area contributed by atoms with Crippen LogP contribution in [0.25, 0.3) is 0 Å². The van der Waals surface area contributed by atoms with Crippen molar-refractivity contribution in [1.29, 1.82) is 0 Å². The normalized spacial score (nSPS) is 12.2. The Morgan fingerprint density at radius 3 is 2.29 bits per heavy atom. The van der Waals surface area contributed by atoms with Crippen molar-refractivity contribution >= 4 is 50.7 Å². The molecule has 0 bridgehead atoms. The molecule has 0 heterocycles. The van der Waals surface area contributed by atoms with Crippen molar-refractivity contribution in [3.63, 3.8) is 0 Å². The number of amides is 2. The Balaban J connectivity index is 2.22. The second kappa shape index (κ2) is 13.1. The van der Waals surface area contributed by atoms with Crippen molar-refractivity contribution in [2.45, 2.75) is 45.7 Å². The largest absolute Gasteiger partial charge is 0.354 e. The molecule has 11 heteroatoms. The van der Waals surface area contributed by atoms with Gasteiger partial charge >= 0.3 is 0 Å². The number of rotatable bonds is 12. The van der Waals surface area contributed by atoms with Crippen LogP contribution in [0.4, 0.5) is 10.1 Å². The second-order valence-electron chi connectivity index (χ2n) is 8.08. The van der Waals surface area contributed by atoms with Gasteiger partial charge in [0.1, 0.15) is 11.9 Å². The van der Waals surface area contributed by atoms with Crippen LogP contribution in [0.5, 0.6) is 0 Å². The molecule has 2 rings (SSSR count). The molecule has 0 saturated heterocycles. The Hall–Kier alpha value is -2.36. The van der Waals surface area contributed by atoms with E-state index in [2.05, 4.69) is 5.32 Å². The van der Waals surface area contributed by atoms with Crippen LogP contribution in [-0.2, 0) is 26.2 Å². The minimum Gasteiger partial charge on any atom is -0.354 e. The zero-order valence-electron chi connectivity index (χ0n) is 19.9. The third-order valence-corrected chi connectivity index (χ3v) is 7.27. The number of sulfonamides is 1. The average Bonchev–Trinajstić information content (AvgIpc) is 2.79. The van der Waals surface area contributed by atoms with E-state index in [0.29, 0.717) is 22.2 Å². The molecule has 35 heavy (non-hydrogen) atoms. The molecular formula is C24H30Cl2FN3O4S. The van der Waals surface area contributed by atoms with E-state index in [1.807, 2.05) is 6.92 Å². The van der Waals surface area contributed by atoms with Crippen molar-refractivity contribution in [3.8, 4) is 0 Å². The summed E-state index contributed by atoms with van der Waals surface area (Å²) in [5, 5.41) is 3.50. The van der Waals surface area contributed by atoms with Crippen LogP contribution < -0.4 is 9.62 Å². The lowest BCUT2D eigenvalue weighted by molar-refractivity contribution is -0.140. The smallest absolute Gasteiger partial charge is 0.242 e. The monoisotopic (exact) mass is 545 g/mol. The molecule has 1 atom stereocenters. The lowest BCUT2D eigenvalue weighted by Crippen LogP contribution is -2.48. The number of nitrogens with zero attached hydrogens (tertiary/aromatic N) is 2. The summed E-state index contributed by atoms with van der Waals surface area (Å²) in [6, 6.07) is 9.68. The summed E-state index contributed by atoms with van der Waals surface area (Å²) in [4.78, 5) is 27.3. The van der Waals surface area contributed by atoms with Gasteiger partial charge in [-0.25, -0.2) is 12.8 Å². The van der Waals surface area contributed by atoms with Crippen LogP contribution >= 0.6 is 23.2 Å². The Labute approximate surface area is 216 Å². The molecule has 0 aliphatic carbocycles. The third-order valence-electron chi connectivity index (χ3n) is 5.38. The van der Waals surface area contributed by atoms with E-state index < -0.39 is 21.9 Å².